The molecule has 1 N–H and O–H groups in total. The van der Waals surface area contributed by atoms with Crippen LogP contribution in [0, 0.1) is 0 Å². The maximum Gasteiger partial charge on any atom is 0.0476 e. The largest absolute Gasteiger partial charge is 0.381 e. The molecule has 14 heavy (non-hydrogen) atoms. The fourth-order valence-corrected chi connectivity index (χ4v) is 2.61. The fourth-order valence-electron chi connectivity index (χ4n) is 1.52. The highest BCUT2D eigenvalue weighted by molar-refractivity contribution is 7.99. The predicted molar refractivity (Wildman–Crippen MR) is 64.1 cm³/mol. The van der Waals surface area contributed by atoms with Gasteiger partial charge in [-0.1, -0.05) is 6.92 Å². The number of rotatable bonds is 6. The molecule has 3 heteroatoms. The molecule has 1 fully saturated rings. The van der Waals surface area contributed by atoms with Crippen LogP contribution in [0.3, 0.4) is 0 Å². The van der Waals surface area contributed by atoms with Gasteiger partial charge < -0.3 is 10.1 Å². The van der Waals surface area contributed by atoms with E-state index < -0.39 is 0 Å². The van der Waals surface area contributed by atoms with Crippen LogP contribution in [0.15, 0.2) is 0 Å². The third kappa shape index (κ3) is 5.23. The Morgan fingerprint density at radius 1 is 1.43 bits per heavy atom. The van der Waals surface area contributed by atoms with Crippen LogP contribution in [0.1, 0.15) is 33.1 Å². The zero-order chi connectivity index (χ0) is 10.2. The Balaban J connectivity index is 1.92. The molecule has 1 rings (SSSR count). The lowest BCUT2D eigenvalue weighted by atomic mass is 10.2. The molecular weight excluding hydrogens is 194 g/mol. The molecule has 0 saturated carbocycles. The molecule has 0 radical (unpaired) electrons. The fraction of sp³-hybridized carbons (Fsp3) is 1.00. The summed E-state index contributed by atoms with van der Waals surface area (Å²) in [5, 5.41) is 4.37. The highest BCUT2D eigenvalue weighted by Crippen LogP contribution is 2.21. The van der Waals surface area contributed by atoms with Crippen molar-refractivity contribution in [3.8, 4) is 0 Å². The molecule has 0 aromatic rings. The zero-order valence-electron chi connectivity index (χ0n) is 9.42. The second-order valence-electron chi connectivity index (χ2n) is 3.95. The van der Waals surface area contributed by atoms with Crippen LogP contribution in [0.25, 0.3) is 0 Å². The first-order chi connectivity index (χ1) is 6.83. The summed E-state index contributed by atoms with van der Waals surface area (Å²) in [4.78, 5) is 0. The minimum Gasteiger partial charge on any atom is -0.381 e. The Bertz CT molecular complexity index is 137. The number of hydrogen-bond acceptors (Lipinski definition) is 3. The van der Waals surface area contributed by atoms with Gasteiger partial charge in [0.25, 0.3) is 0 Å². The molecule has 0 aromatic carbocycles. The Kier molecular flexibility index (Phi) is 6.65. The number of thioether (sulfide) groups is 1. The van der Waals surface area contributed by atoms with E-state index in [0.717, 1.165) is 25.0 Å². The van der Waals surface area contributed by atoms with Gasteiger partial charge in [-0.3, -0.25) is 0 Å². The van der Waals surface area contributed by atoms with E-state index in [9.17, 15) is 0 Å². The standard InChI is InChI=1S/C11H23NOS/c1-3-10(2)12-6-9-14-11-4-7-13-8-5-11/h10-12H,3-9H2,1-2H3. The average Bonchev–Trinajstić information content (AvgIpc) is 2.25. The first-order valence-electron chi connectivity index (χ1n) is 5.75. The number of ether oxygens (including phenoxy) is 1. The first-order valence-corrected chi connectivity index (χ1v) is 6.80. The number of hydrogen-bond donors (Lipinski definition) is 1. The van der Waals surface area contributed by atoms with Gasteiger partial charge in [-0.05, 0) is 26.2 Å². The van der Waals surface area contributed by atoms with E-state index in [0.29, 0.717) is 6.04 Å². The monoisotopic (exact) mass is 217 g/mol. The summed E-state index contributed by atoms with van der Waals surface area (Å²) in [6, 6.07) is 0.672. The maximum atomic E-state index is 5.33. The van der Waals surface area contributed by atoms with E-state index in [2.05, 4.69) is 30.9 Å². The van der Waals surface area contributed by atoms with Gasteiger partial charge in [0.15, 0.2) is 0 Å². The van der Waals surface area contributed by atoms with Crippen molar-refractivity contribution in [2.45, 2.75) is 44.4 Å². The molecule has 0 bridgehead atoms. The van der Waals surface area contributed by atoms with Gasteiger partial charge >= 0.3 is 0 Å². The highest BCUT2D eigenvalue weighted by atomic mass is 32.2. The van der Waals surface area contributed by atoms with E-state index in [-0.39, 0.29) is 0 Å². The van der Waals surface area contributed by atoms with E-state index in [1.807, 2.05) is 0 Å². The van der Waals surface area contributed by atoms with Crippen LogP contribution in [-0.2, 0) is 4.74 Å². The van der Waals surface area contributed by atoms with Gasteiger partial charge in [-0.25, -0.2) is 0 Å². The van der Waals surface area contributed by atoms with Crippen molar-refractivity contribution in [1.29, 1.82) is 0 Å². The minimum absolute atomic E-state index is 0.672. The van der Waals surface area contributed by atoms with Crippen molar-refractivity contribution in [3.63, 3.8) is 0 Å². The molecule has 1 atom stereocenters. The summed E-state index contributed by atoms with van der Waals surface area (Å²) in [7, 11) is 0. The SMILES string of the molecule is CCC(C)NCCSC1CCOCC1. The number of nitrogens with one attached hydrogen (secondary N) is 1. The van der Waals surface area contributed by atoms with Crippen LogP contribution in [0.4, 0.5) is 0 Å². The predicted octanol–water partition coefficient (Wildman–Crippen LogP) is 2.29. The smallest absolute Gasteiger partial charge is 0.0476 e. The molecule has 2 nitrogen and oxygen atoms in total. The van der Waals surface area contributed by atoms with E-state index in [4.69, 9.17) is 4.74 Å². The van der Waals surface area contributed by atoms with Crippen molar-refractivity contribution in [2.75, 3.05) is 25.5 Å². The molecule has 1 aliphatic heterocycles. The van der Waals surface area contributed by atoms with Gasteiger partial charge in [0.05, 0.1) is 0 Å². The normalized spacial score (nSPS) is 21.0. The van der Waals surface area contributed by atoms with E-state index in [1.165, 1.54) is 25.0 Å². The minimum atomic E-state index is 0.672. The third-order valence-electron chi connectivity index (χ3n) is 2.73. The molecule has 0 amide bonds. The Hall–Kier alpha value is 0.270. The first kappa shape index (κ1) is 12.3. The molecule has 84 valence electrons. The van der Waals surface area contributed by atoms with Crippen molar-refractivity contribution in [2.24, 2.45) is 0 Å². The Morgan fingerprint density at radius 3 is 2.79 bits per heavy atom. The summed E-state index contributed by atoms with van der Waals surface area (Å²) >= 11 is 2.11. The maximum absolute atomic E-state index is 5.33. The van der Waals surface area contributed by atoms with Crippen LogP contribution in [-0.4, -0.2) is 36.8 Å². The highest BCUT2D eigenvalue weighted by Gasteiger charge is 2.13. The van der Waals surface area contributed by atoms with Gasteiger partial charge in [0, 0.05) is 36.8 Å². The zero-order valence-corrected chi connectivity index (χ0v) is 10.2. The summed E-state index contributed by atoms with van der Waals surface area (Å²) in [6.45, 7) is 7.56. The topological polar surface area (TPSA) is 21.3 Å². The summed E-state index contributed by atoms with van der Waals surface area (Å²) in [5.74, 6) is 1.25. The lowest BCUT2D eigenvalue weighted by Crippen LogP contribution is -2.28. The summed E-state index contributed by atoms with van der Waals surface area (Å²) in [6.07, 6.45) is 3.71. The molecule has 1 aliphatic rings. The third-order valence-corrected chi connectivity index (χ3v) is 4.11. The Labute approximate surface area is 92.2 Å². The van der Waals surface area contributed by atoms with Gasteiger partial charge in [0.2, 0.25) is 0 Å². The average molecular weight is 217 g/mol. The van der Waals surface area contributed by atoms with Crippen LogP contribution in [0.2, 0.25) is 0 Å². The molecule has 0 aromatic heterocycles. The second kappa shape index (κ2) is 7.55. The Morgan fingerprint density at radius 2 is 2.14 bits per heavy atom. The van der Waals surface area contributed by atoms with Gasteiger partial charge in [-0.15, -0.1) is 0 Å². The molecule has 1 heterocycles. The molecule has 0 aliphatic carbocycles. The van der Waals surface area contributed by atoms with Gasteiger partial charge in [0.1, 0.15) is 0 Å². The molecule has 0 spiro atoms. The summed E-state index contributed by atoms with van der Waals surface area (Å²) < 4.78 is 5.33. The van der Waals surface area contributed by atoms with E-state index >= 15 is 0 Å². The van der Waals surface area contributed by atoms with E-state index in [1.54, 1.807) is 0 Å². The van der Waals surface area contributed by atoms with Gasteiger partial charge in [-0.2, -0.15) is 11.8 Å². The lowest BCUT2D eigenvalue weighted by molar-refractivity contribution is 0.100. The molecule has 1 unspecified atom stereocenters. The van der Waals surface area contributed by atoms with Crippen LogP contribution in [0.5, 0.6) is 0 Å². The molecular formula is C11H23NOS. The van der Waals surface area contributed by atoms with Crippen molar-refractivity contribution < 1.29 is 4.74 Å². The van der Waals surface area contributed by atoms with Crippen LogP contribution < -0.4 is 5.32 Å². The quantitative estimate of drug-likeness (QED) is 0.690. The lowest BCUT2D eigenvalue weighted by Gasteiger charge is -2.21. The summed E-state index contributed by atoms with van der Waals surface area (Å²) in [5.41, 5.74) is 0. The van der Waals surface area contributed by atoms with Crippen LogP contribution >= 0.6 is 11.8 Å². The van der Waals surface area contributed by atoms with Crippen molar-refractivity contribution in [1.82, 2.24) is 5.32 Å². The van der Waals surface area contributed by atoms with Crippen molar-refractivity contribution >= 4 is 11.8 Å². The molecule has 1 saturated heterocycles. The van der Waals surface area contributed by atoms with Crippen molar-refractivity contribution in [3.05, 3.63) is 0 Å². The second-order valence-corrected chi connectivity index (χ2v) is 5.35.